The van der Waals surface area contributed by atoms with Gasteiger partial charge in [0.1, 0.15) is 6.04 Å². The van der Waals surface area contributed by atoms with E-state index in [1.54, 1.807) is 62.4 Å². The lowest BCUT2D eigenvalue weighted by Crippen LogP contribution is -2.33. The number of amides is 1. The highest BCUT2D eigenvalue weighted by Gasteiger charge is 2.20. The van der Waals surface area contributed by atoms with E-state index in [2.05, 4.69) is 10.4 Å². The van der Waals surface area contributed by atoms with Crippen LogP contribution in [0.1, 0.15) is 30.2 Å². The number of aromatic nitrogens is 2. The Balaban J connectivity index is 1.52. The van der Waals surface area contributed by atoms with E-state index >= 15 is 0 Å². The van der Waals surface area contributed by atoms with Gasteiger partial charge in [-0.15, -0.1) is 0 Å². The van der Waals surface area contributed by atoms with Crippen LogP contribution >= 0.6 is 0 Å². The molecule has 1 aliphatic rings. The molecule has 9 heteroatoms. The second kappa shape index (κ2) is 8.93. The number of anilines is 1. The molecule has 4 rings (SSSR count). The Labute approximate surface area is 183 Å². The van der Waals surface area contributed by atoms with Crippen molar-refractivity contribution in [3.05, 3.63) is 70.5 Å². The lowest BCUT2D eigenvalue weighted by atomic mass is 10.1. The SMILES string of the molecule is CCOC(=O)c1ccc(NC(=O)C(C)n2nc(-c3ccc4c(c3)OCO4)ccc2=O)cc1. The Morgan fingerprint density at radius 3 is 2.59 bits per heavy atom. The number of fused-ring (bicyclic) bond motifs is 1. The zero-order chi connectivity index (χ0) is 22.7. The molecule has 0 fully saturated rings. The number of rotatable bonds is 6. The Morgan fingerprint density at radius 2 is 1.84 bits per heavy atom. The lowest BCUT2D eigenvalue weighted by molar-refractivity contribution is -0.119. The summed E-state index contributed by atoms with van der Waals surface area (Å²) in [6, 6.07) is 13.7. The number of benzene rings is 2. The van der Waals surface area contributed by atoms with Crippen molar-refractivity contribution in [1.29, 1.82) is 0 Å². The summed E-state index contributed by atoms with van der Waals surface area (Å²) in [7, 11) is 0. The molecular formula is C23H21N3O6. The summed E-state index contributed by atoms with van der Waals surface area (Å²) in [5, 5.41) is 7.11. The zero-order valence-corrected chi connectivity index (χ0v) is 17.5. The minimum atomic E-state index is -0.874. The summed E-state index contributed by atoms with van der Waals surface area (Å²) in [5.74, 6) is 0.379. The first-order valence-electron chi connectivity index (χ1n) is 10.0. The third-order valence-corrected chi connectivity index (χ3v) is 4.90. The van der Waals surface area contributed by atoms with Crippen LogP contribution in [0.25, 0.3) is 11.3 Å². The molecule has 0 saturated heterocycles. The van der Waals surface area contributed by atoms with Gasteiger partial charge < -0.3 is 19.5 Å². The molecule has 9 nitrogen and oxygen atoms in total. The predicted octanol–water partition coefficient (Wildman–Crippen LogP) is 3.02. The van der Waals surface area contributed by atoms with Gasteiger partial charge in [0.25, 0.3) is 5.56 Å². The van der Waals surface area contributed by atoms with Crippen LogP contribution in [-0.4, -0.2) is 35.1 Å². The molecule has 3 aromatic rings. The van der Waals surface area contributed by atoms with Gasteiger partial charge in [-0.3, -0.25) is 9.59 Å². The first-order valence-corrected chi connectivity index (χ1v) is 10.0. The van der Waals surface area contributed by atoms with Gasteiger partial charge in [0.2, 0.25) is 12.7 Å². The summed E-state index contributed by atoms with van der Waals surface area (Å²) in [4.78, 5) is 36.9. The van der Waals surface area contributed by atoms with E-state index in [1.807, 2.05) is 0 Å². The fourth-order valence-electron chi connectivity index (χ4n) is 3.17. The number of esters is 1. The second-order valence-corrected chi connectivity index (χ2v) is 7.03. The average molecular weight is 435 g/mol. The molecule has 0 saturated carbocycles. The van der Waals surface area contributed by atoms with E-state index in [0.717, 1.165) is 10.2 Å². The Bertz CT molecular complexity index is 1220. The van der Waals surface area contributed by atoms with Gasteiger partial charge in [0, 0.05) is 17.3 Å². The van der Waals surface area contributed by atoms with E-state index in [-0.39, 0.29) is 13.4 Å². The molecule has 1 aliphatic heterocycles. The molecule has 1 amide bonds. The number of ether oxygens (including phenoxy) is 3. The van der Waals surface area contributed by atoms with Crippen LogP contribution in [0, 0.1) is 0 Å². The fourth-order valence-corrected chi connectivity index (χ4v) is 3.17. The van der Waals surface area contributed by atoms with Gasteiger partial charge in [-0.05, 0) is 62.4 Å². The number of nitrogens with one attached hydrogen (secondary N) is 1. The Hall–Kier alpha value is -4.14. The topological polar surface area (TPSA) is 109 Å². The molecule has 2 heterocycles. The van der Waals surface area contributed by atoms with Crippen LogP contribution in [0.3, 0.4) is 0 Å². The van der Waals surface area contributed by atoms with Crippen molar-refractivity contribution in [1.82, 2.24) is 9.78 Å². The van der Waals surface area contributed by atoms with Crippen molar-refractivity contribution >= 4 is 17.6 Å². The van der Waals surface area contributed by atoms with Crippen LogP contribution in [0.2, 0.25) is 0 Å². The highest BCUT2D eigenvalue weighted by Crippen LogP contribution is 2.35. The van der Waals surface area contributed by atoms with E-state index in [4.69, 9.17) is 14.2 Å². The predicted molar refractivity (Wildman–Crippen MR) is 116 cm³/mol. The van der Waals surface area contributed by atoms with Crippen molar-refractivity contribution in [2.75, 3.05) is 18.7 Å². The molecular weight excluding hydrogens is 414 g/mol. The normalized spacial score (nSPS) is 12.8. The van der Waals surface area contributed by atoms with Crippen molar-refractivity contribution in [3.8, 4) is 22.8 Å². The maximum absolute atomic E-state index is 12.7. The van der Waals surface area contributed by atoms with Gasteiger partial charge in [-0.1, -0.05) is 0 Å². The minimum Gasteiger partial charge on any atom is -0.462 e. The lowest BCUT2D eigenvalue weighted by Gasteiger charge is -2.15. The van der Waals surface area contributed by atoms with Crippen molar-refractivity contribution < 1.29 is 23.8 Å². The summed E-state index contributed by atoms with van der Waals surface area (Å²) < 4.78 is 16.8. The van der Waals surface area contributed by atoms with Crippen LogP contribution < -0.4 is 20.3 Å². The Morgan fingerprint density at radius 1 is 1.09 bits per heavy atom. The van der Waals surface area contributed by atoms with Crippen molar-refractivity contribution in [2.45, 2.75) is 19.9 Å². The summed E-state index contributed by atoms with van der Waals surface area (Å²) in [6.45, 7) is 3.75. The van der Waals surface area contributed by atoms with Crippen molar-refractivity contribution in [3.63, 3.8) is 0 Å². The van der Waals surface area contributed by atoms with Gasteiger partial charge in [0.15, 0.2) is 11.5 Å². The molecule has 0 radical (unpaired) electrons. The highest BCUT2D eigenvalue weighted by molar-refractivity contribution is 5.94. The van der Waals surface area contributed by atoms with E-state index in [1.165, 1.54) is 6.07 Å². The number of carbonyl (C=O) groups excluding carboxylic acids is 2. The Kier molecular flexibility index (Phi) is 5.89. The molecule has 1 N–H and O–H groups in total. The van der Waals surface area contributed by atoms with E-state index < -0.39 is 23.5 Å². The molecule has 1 unspecified atom stereocenters. The maximum Gasteiger partial charge on any atom is 0.338 e. The van der Waals surface area contributed by atoms with Crippen LogP contribution in [-0.2, 0) is 9.53 Å². The smallest absolute Gasteiger partial charge is 0.338 e. The van der Waals surface area contributed by atoms with Crippen LogP contribution in [0.15, 0.2) is 59.4 Å². The first-order chi connectivity index (χ1) is 15.5. The van der Waals surface area contributed by atoms with Crippen molar-refractivity contribution in [2.24, 2.45) is 0 Å². The highest BCUT2D eigenvalue weighted by atomic mass is 16.7. The van der Waals surface area contributed by atoms with Crippen LogP contribution in [0.4, 0.5) is 5.69 Å². The second-order valence-electron chi connectivity index (χ2n) is 7.03. The monoisotopic (exact) mass is 435 g/mol. The maximum atomic E-state index is 12.7. The standard InChI is InChI=1S/C23H21N3O6/c1-3-30-23(29)15-4-7-17(8-5-15)24-22(28)14(2)26-21(27)11-9-18(25-26)16-6-10-19-20(12-16)32-13-31-19/h4-12,14H,3,13H2,1-2H3,(H,24,28). The van der Waals surface area contributed by atoms with Gasteiger partial charge >= 0.3 is 5.97 Å². The quantitative estimate of drug-likeness (QED) is 0.593. The van der Waals surface area contributed by atoms with E-state index in [0.29, 0.717) is 28.4 Å². The zero-order valence-electron chi connectivity index (χ0n) is 17.5. The molecule has 0 spiro atoms. The molecule has 0 bridgehead atoms. The van der Waals surface area contributed by atoms with E-state index in [9.17, 15) is 14.4 Å². The summed E-state index contributed by atoms with van der Waals surface area (Å²) in [6.07, 6.45) is 0. The third-order valence-electron chi connectivity index (χ3n) is 4.90. The number of carbonyl (C=O) groups is 2. The molecule has 1 atom stereocenters. The fraction of sp³-hybridized carbons (Fsp3) is 0.217. The third kappa shape index (κ3) is 4.31. The first kappa shape index (κ1) is 21.1. The molecule has 164 valence electrons. The number of hydrogen-bond donors (Lipinski definition) is 1. The molecule has 32 heavy (non-hydrogen) atoms. The summed E-state index contributed by atoms with van der Waals surface area (Å²) in [5.41, 5.74) is 1.70. The molecule has 1 aromatic heterocycles. The number of hydrogen-bond acceptors (Lipinski definition) is 7. The van der Waals surface area contributed by atoms with Gasteiger partial charge in [0.05, 0.1) is 17.9 Å². The molecule has 2 aromatic carbocycles. The average Bonchev–Trinajstić information content (AvgIpc) is 3.27. The number of nitrogens with zero attached hydrogens (tertiary/aromatic N) is 2. The van der Waals surface area contributed by atoms with Crippen LogP contribution in [0.5, 0.6) is 11.5 Å². The van der Waals surface area contributed by atoms with Gasteiger partial charge in [-0.25, -0.2) is 9.48 Å². The molecule has 0 aliphatic carbocycles. The summed E-state index contributed by atoms with van der Waals surface area (Å²) >= 11 is 0. The van der Waals surface area contributed by atoms with Gasteiger partial charge in [-0.2, -0.15) is 5.10 Å². The largest absolute Gasteiger partial charge is 0.462 e. The minimum absolute atomic E-state index is 0.156.